The molecule has 5 rings (SSSR count). The van der Waals surface area contributed by atoms with Crippen molar-refractivity contribution in [1.82, 2.24) is 4.90 Å². The molecule has 0 aromatic heterocycles. The van der Waals surface area contributed by atoms with Crippen LogP contribution in [0.4, 0.5) is 8.78 Å². The first-order valence-corrected chi connectivity index (χ1v) is 14.2. The highest BCUT2D eigenvalue weighted by Crippen LogP contribution is 2.48. The molecule has 6 nitrogen and oxygen atoms in total. The molecular formula is C29H29F2NO5S. The lowest BCUT2D eigenvalue weighted by molar-refractivity contribution is 0.0668. The molecule has 2 aliphatic rings. The summed E-state index contributed by atoms with van der Waals surface area (Å²) in [6.07, 6.45) is 0.351. The quantitative estimate of drug-likeness (QED) is 0.418. The number of aromatic hydroxyl groups is 1. The van der Waals surface area contributed by atoms with Gasteiger partial charge < -0.3 is 14.6 Å². The number of fused-ring (bicyclic) bond motifs is 1. The predicted octanol–water partition coefficient (Wildman–Crippen LogP) is 5.28. The van der Waals surface area contributed by atoms with Crippen LogP contribution in [0.3, 0.4) is 0 Å². The molecule has 38 heavy (non-hydrogen) atoms. The summed E-state index contributed by atoms with van der Waals surface area (Å²) < 4.78 is 64.1. The van der Waals surface area contributed by atoms with Gasteiger partial charge in [0, 0.05) is 48.5 Å². The van der Waals surface area contributed by atoms with Gasteiger partial charge in [-0.05, 0) is 60.5 Å². The van der Waals surface area contributed by atoms with Gasteiger partial charge in [-0.2, -0.15) is 0 Å². The number of sulfone groups is 1. The molecule has 1 fully saturated rings. The number of rotatable bonds is 8. The van der Waals surface area contributed by atoms with Crippen LogP contribution in [0.2, 0.25) is 0 Å². The van der Waals surface area contributed by atoms with Crippen LogP contribution in [0.1, 0.15) is 29.7 Å². The van der Waals surface area contributed by atoms with Crippen molar-refractivity contribution < 1.29 is 31.8 Å². The van der Waals surface area contributed by atoms with E-state index < -0.39 is 21.8 Å². The lowest BCUT2D eigenvalue weighted by Crippen LogP contribution is -2.49. The van der Waals surface area contributed by atoms with Gasteiger partial charge in [0.25, 0.3) is 0 Å². The van der Waals surface area contributed by atoms with Gasteiger partial charge in [0.1, 0.15) is 35.8 Å². The average Bonchev–Trinajstić information content (AvgIpc) is 2.86. The molecule has 0 saturated carbocycles. The van der Waals surface area contributed by atoms with Crippen molar-refractivity contribution in [1.29, 1.82) is 0 Å². The van der Waals surface area contributed by atoms with Crippen molar-refractivity contribution in [2.45, 2.75) is 17.9 Å². The zero-order valence-corrected chi connectivity index (χ0v) is 22.0. The predicted molar refractivity (Wildman–Crippen MR) is 141 cm³/mol. The van der Waals surface area contributed by atoms with E-state index in [1.54, 1.807) is 12.1 Å². The summed E-state index contributed by atoms with van der Waals surface area (Å²) in [5, 5.41) is 10.1. The highest BCUT2D eigenvalue weighted by Gasteiger charge is 2.31. The summed E-state index contributed by atoms with van der Waals surface area (Å²) in [5.74, 6) is 0.724. The lowest BCUT2D eigenvalue weighted by atomic mass is 9.86. The molecule has 3 aromatic rings. The van der Waals surface area contributed by atoms with Crippen molar-refractivity contribution in [3.63, 3.8) is 0 Å². The summed E-state index contributed by atoms with van der Waals surface area (Å²) in [6.45, 7) is 4.27. The molecule has 0 unspecified atom stereocenters. The molecule has 2 heterocycles. The van der Waals surface area contributed by atoms with Crippen molar-refractivity contribution in [2.75, 3.05) is 39.2 Å². The average molecular weight is 542 g/mol. The molecule has 1 N–H and O–H groups in total. The maximum atomic E-state index is 15.4. The third-order valence-electron chi connectivity index (χ3n) is 7.05. The van der Waals surface area contributed by atoms with Crippen LogP contribution in [0.5, 0.6) is 17.2 Å². The van der Waals surface area contributed by atoms with E-state index in [0.717, 1.165) is 37.5 Å². The highest BCUT2D eigenvalue weighted by molar-refractivity contribution is 7.90. The Morgan fingerprint density at radius 2 is 1.79 bits per heavy atom. The van der Waals surface area contributed by atoms with Gasteiger partial charge in [0.2, 0.25) is 0 Å². The maximum absolute atomic E-state index is 15.4. The zero-order chi connectivity index (χ0) is 27.0. The summed E-state index contributed by atoms with van der Waals surface area (Å²) in [4.78, 5) is 2.04. The molecule has 2 aliphatic heterocycles. The molecule has 1 saturated heterocycles. The molecule has 0 radical (unpaired) electrons. The second-order valence-corrected chi connectivity index (χ2v) is 11.8. The Kier molecular flexibility index (Phi) is 7.15. The smallest absolute Gasteiger partial charge is 0.175 e. The number of allylic oxidation sites excluding steroid dienone is 1. The van der Waals surface area contributed by atoms with Crippen LogP contribution in [0.15, 0.2) is 65.6 Å². The van der Waals surface area contributed by atoms with Crippen LogP contribution >= 0.6 is 0 Å². The van der Waals surface area contributed by atoms with Crippen LogP contribution in [-0.4, -0.2) is 57.6 Å². The van der Waals surface area contributed by atoms with E-state index in [0.29, 0.717) is 34.8 Å². The van der Waals surface area contributed by atoms with Crippen LogP contribution in [-0.2, 0) is 9.84 Å². The molecule has 0 spiro atoms. The van der Waals surface area contributed by atoms with Crippen molar-refractivity contribution in [2.24, 2.45) is 5.92 Å². The summed E-state index contributed by atoms with van der Waals surface area (Å²) in [7, 11) is -3.58. The minimum Gasteiger partial charge on any atom is -0.508 e. The highest BCUT2D eigenvalue weighted by atomic mass is 32.2. The second kappa shape index (κ2) is 10.4. The number of ether oxygens (including phenoxy) is 2. The van der Waals surface area contributed by atoms with E-state index in [-0.39, 0.29) is 28.8 Å². The van der Waals surface area contributed by atoms with E-state index in [1.165, 1.54) is 18.2 Å². The fraction of sp³-hybridized carbons (Fsp3) is 0.310. The largest absolute Gasteiger partial charge is 0.508 e. The summed E-state index contributed by atoms with van der Waals surface area (Å²) in [5.41, 5.74) is 2.85. The topological polar surface area (TPSA) is 76.1 Å². The molecule has 1 atom stereocenters. The first-order chi connectivity index (χ1) is 18.1. The Morgan fingerprint density at radius 3 is 2.45 bits per heavy atom. The number of hydrogen-bond acceptors (Lipinski definition) is 6. The van der Waals surface area contributed by atoms with E-state index in [4.69, 9.17) is 9.47 Å². The van der Waals surface area contributed by atoms with E-state index in [1.807, 2.05) is 31.2 Å². The molecule has 200 valence electrons. The maximum Gasteiger partial charge on any atom is 0.175 e. The Bertz CT molecular complexity index is 1480. The fourth-order valence-electron chi connectivity index (χ4n) is 4.95. The van der Waals surface area contributed by atoms with Crippen molar-refractivity contribution in [3.8, 4) is 17.2 Å². The van der Waals surface area contributed by atoms with Crippen molar-refractivity contribution >= 4 is 21.0 Å². The second-order valence-electron chi connectivity index (χ2n) is 9.83. The number of likely N-dealkylation sites (tertiary alicyclic amines) is 1. The number of alkyl halides is 1. The number of hydrogen-bond donors (Lipinski definition) is 1. The Morgan fingerprint density at radius 1 is 1.05 bits per heavy atom. The number of halogens is 2. The third kappa shape index (κ3) is 5.26. The van der Waals surface area contributed by atoms with Crippen molar-refractivity contribution in [3.05, 3.63) is 83.2 Å². The zero-order valence-electron chi connectivity index (χ0n) is 21.2. The van der Waals surface area contributed by atoms with Gasteiger partial charge in [-0.15, -0.1) is 0 Å². The first kappa shape index (κ1) is 26.2. The van der Waals surface area contributed by atoms with E-state index in [2.05, 4.69) is 4.90 Å². The van der Waals surface area contributed by atoms with Gasteiger partial charge in [0.15, 0.2) is 9.84 Å². The Balaban J connectivity index is 1.44. The number of phenolic OH excluding ortho intramolecular Hbond substituents is 1. The van der Waals surface area contributed by atoms with Gasteiger partial charge in [0.05, 0.1) is 11.6 Å². The van der Waals surface area contributed by atoms with Gasteiger partial charge >= 0.3 is 0 Å². The molecule has 0 aliphatic carbocycles. The monoisotopic (exact) mass is 541 g/mol. The normalized spacial score (nSPS) is 18.1. The third-order valence-corrected chi connectivity index (χ3v) is 8.16. The van der Waals surface area contributed by atoms with E-state index >= 15 is 4.39 Å². The number of phenols is 1. The molecule has 9 heteroatoms. The Labute approximate surface area is 221 Å². The molecule has 3 aromatic carbocycles. The number of nitrogens with zero attached hydrogens (tertiary/aromatic N) is 1. The molecular weight excluding hydrogens is 512 g/mol. The SMILES string of the molecule is CC1=C(c2ccc(S(C)(=O)=O)cc2F)[C@@H](c2ccc(OCCN3CC(CF)C3)cc2)Oc2ccc(O)cc21. The Hall–Kier alpha value is -3.43. The molecule has 0 amide bonds. The summed E-state index contributed by atoms with van der Waals surface area (Å²) in [6, 6.07) is 16.0. The minimum atomic E-state index is -3.58. The van der Waals surface area contributed by atoms with Gasteiger partial charge in [-0.25, -0.2) is 12.8 Å². The standard InChI is InChI=1S/C29H29F2NO5S/c1-18-25-13-21(33)5-10-27(25)37-29(28(18)24-9-8-23(14-26(24)31)38(2,34)35)20-3-6-22(7-4-20)36-12-11-32-16-19(15-30)17-32/h3-10,13-14,19,29,33H,11-12,15-17H2,1-2H3/t29-/m1/s1. The molecule has 0 bridgehead atoms. The van der Waals surface area contributed by atoms with Gasteiger partial charge in [-0.3, -0.25) is 9.29 Å². The van der Waals surface area contributed by atoms with E-state index in [9.17, 15) is 17.9 Å². The lowest BCUT2D eigenvalue weighted by Gasteiger charge is -2.37. The fourth-order valence-corrected chi connectivity index (χ4v) is 5.59. The first-order valence-electron chi connectivity index (χ1n) is 12.4. The van der Waals surface area contributed by atoms with Crippen LogP contribution in [0.25, 0.3) is 11.1 Å². The minimum absolute atomic E-state index is 0.0531. The van der Waals surface area contributed by atoms with Gasteiger partial charge in [-0.1, -0.05) is 18.2 Å². The van der Waals surface area contributed by atoms with Crippen LogP contribution in [0, 0.1) is 11.7 Å². The number of benzene rings is 3. The summed E-state index contributed by atoms with van der Waals surface area (Å²) >= 11 is 0. The van der Waals surface area contributed by atoms with Crippen LogP contribution < -0.4 is 9.47 Å².